The Kier molecular flexibility index (Phi) is 3.69. The lowest BCUT2D eigenvalue weighted by Gasteiger charge is -2.12. The van der Waals surface area contributed by atoms with E-state index < -0.39 is 4.92 Å². The fourth-order valence-electron chi connectivity index (χ4n) is 1.94. The lowest BCUT2D eigenvalue weighted by Crippen LogP contribution is -2.07. The van der Waals surface area contributed by atoms with E-state index in [0.29, 0.717) is 5.69 Å². The van der Waals surface area contributed by atoms with Crippen LogP contribution in [0.25, 0.3) is 0 Å². The number of nitrogens with one attached hydrogen (secondary N) is 1. The van der Waals surface area contributed by atoms with E-state index in [0.717, 1.165) is 31.4 Å². The van der Waals surface area contributed by atoms with Crippen LogP contribution in [0.2, 0.25) is 0 Å². The number of nitro benzene ring substituents is 1. The van der Waals surface area contributed by atoms with E-state index in [1.807, 2.05) is 0 Å². The number of hydrogen-bond acceptors (Lipinski definition) is 4. The Morgan fingerprint density at radius 1 is 1.18 bits per heavy atom. The van der Waals surface area contributed by atoms with Crippen molar-refractivity contribution >= 4 is 17.1 Å². The first-order chi connectivity index (χ1) is 8.27. The number of anilines is 1. The summed E-state index contributed by atoms with van der Waals surface area (Å²) in [5.74, 6) is 0. The molecule has 0 radical (unpaired) electrons. The molecular weight excluding hydrogens is 218 g/mol. The van der Waals surface area contributed by atoms with Crippen molar-refractivity contribution in [1.82, 2.24) is 0 Å². The Labute approximate surface area is 99.7 Å². The van der Waals surface area contributed by atoms with E-state index in [2.05, 4.69) is 10.5 Å². The standard InChI is InChI=1S/C12H15N3O2/c16-15(17)12-9-5-4-8-11(12)14-13-10-6-2-1-3-7-10/h4-5,8-9,14H,1-3,6-7H2. The van der Waals surface area contributed by atoms with Crippen LogP contribution in [0.15, 0.2) is 29.4 Å². The molecule has 2 rings (SSSR count). The summed E-state index contributed by atoms with van der Waals surface area (Å²) in [5.41, 5.74) is 4.43. The van der Waals surface area contributed by atoms with Gasteiger partial charge in [-0.25, -0.2) is 0 Å². The van der Waals surface area contributed by atoms with Crippen molar-refractivity contribution < 1.29 is 4.92 Å². The summed E-state index contributed by atoms with van der Waals surface area (Å²) in [7, 11) is 0. The van der Waals surface area contributed by atoms with Gasteiger partial charge < -0.3 is 0 Å². The van der Waals surface area contributed by atoms with Gasteiger partial charge in [-0.3, -0.25) is 15.5 Å². The molecule has 1 N–H and O–H groups in total. The van der Waals surface area contributed by atoms with Crippen LogP contribution >= 0.6 is 0 Å². The molecule has 1 saturated carbocycles. The van der Waals surface area contributed by atoms with Gasteiger partial charge in [0.25, 0.3) is 5.69 Å². The maximum Gasteiger partial charge on any atom is 0.294 e. The van der Waals surface area contributed by atoms with Gasteiger partial charge >= 0.3 is 0 Å². The molecule has 1 aromatic carbocycles. The zero-order valence-corrected chi connectivity index (χ0v) is 9.56. The summed E-state index contributed by atoms with van der Waals surface area (Å²) in [6.45, 7) is 0. The lowest BCUT2D eigenvalue weighted by molar-refractivity contribution is -0.384. The average molecular weight is 233 g/mol. The van der Waals surface area contributed by atoms with Crippen LogP contribution in [0.5, 0.6) is 0 Å². The first kappa shape index (κ1) is 11.6. The highest BCUT2D eigenvalue weighted by Gasteiger charge is 2.12. The molecule has 5 nitrogen and oxygen atoms in total. The molecule has 0 amide bonds. The van der Waals surface area contributed by atoms with Gasteiger partial charge in [0.1, 0.15) is 5.69 Å². The van der Waals surface area contributed by atoms with E-state index in [-0.39, 0.29) is 5.69 Å². The number of hydrogen-bond donors (Lipinski definition) is 1. The molecule has 1 aromatic rings. The largest absolute Gasteiger partial charge is 0.294 e. The molecule has 17 heavy (non-hydrogen) atoms. The molecule has 0 spiro atoms. The van der Waals surface area contributed by atoms with Crippen LogP contribution in [-0.4, -0.2) is 10.6 Å². The second-order valence-corrected chi connectivity index (χ2v) is 4.12. The summed E-state index contributed by atoms with van der Waals surface area (Å²) < 4.78 is 0. The van der Waals surface area contributed by atoms with Gasteiger partial charge in [-0.1, -0.05) is 18.6 Å². The number of para-hydroxylation sites is 2. The minimum atomic E-state index is -0.399. The number of nitrogens with zero attached hydrogens (tertiary/aromatic N) is 2. The van der Waals surface area contributed by atoms with Crippen molar-refractivity contribution in [3.8, 4) is 0 Å². The van der Waals surface area contributed by atoms with E-state index in [4.69, 9.17) is 0 Å². The van der Waals surface area contributed by atoms with E-state index >= 15 is 0 Å². The van der Waals surface area contributed by atoms with Crippen LogP contribution in [0, 0.1) is 10.1 Å². The Hall–Kier alpha value is -1.91. The molecular formula is C12H15N3O2. The molecule has 1 aliphatic carbocycles. The van der Waals surface area contributed by atoms with E-state index in [1.54, 1.807) is 18.2 Å². The molecule has 5 heteroatoms. The average Bonchev–Trinajstić information content (AvgIpc) is 2.38. The molecule has 0 saturated heterocycles. The first-order valence-corrected chi connectivity index (χ1v) is 5.82. The highest BCUT2D eigenvalue weighted by atomic mass is 16.6. The SMILES string of the molecule is O=[N+]([O-])c1ccccc1NN=C1CCCCC1. The molecule has 1 aliphatic rings. The Morgan fingerprint density at radius 2 is 1.88 bits per heavy atom. The second kappa shape index (κ2) is 5.43. The molecule has 0 aliphatic heterocycles. The third-order valence-electron chi connectivity index (χ3n) is 2.87. The van der Waals surface area contributed by atoms with Gasteiger partial charge in [0.15, 0.2) is 0 Å². The molecule has 0 bridgehead atoms. The third-order valence-corrected chi connectivity index (χ3v) is 2.87. The number of rotatable bonds is 3. The second-order valence-electron chi connectivity index (χ2n) is 4.12. The molecule has 0 unspecified atom stereocenters. The van der Waals surface area contributed by atoms with Crippen LogP contribution < -0.4 is 5.43 Å². The molecule has 0 aromatic heterocycles. The number of benzene rings is 1. The van der Waals surface area contributed by atoms with Crippen molar-refractivity contribution in [3.63, 3.8) is 0 Å². The monoisotopic (exact) mass is 233 g/mol. The van der Waals surface area contributed by atoms with Crippen molar-refractivity contribution in [2.45, 2.75) is 32.1 Å². The fraction of sp³-hybridized carbons (Fsp3) is 0.417. The lowest BCUT2D eigenvalue weighted by atomic mass is 9.99. The van der Waals surface area contributed by atoms with Gasteiger partial charge in [-0.05, 0) is 31.7 Å². The molecule has 0 atom stereocenters. The van der Waals surface area contributed by atoms with Gasteiger partial charge in [-0.2, -0.15) is 5.10 Å². The quantitative estimate of drug-likeness (QED) is 0.643. The Morgan fingerprint density at radius 3 is 2.59 bits per heavy atom. The van der Waals surface area contributed by atoms with Gasteiger partial charge in [0.2, 0.25) is 0 Å². The minimum Gasteiger partial charge on any atom is -0.272 e. The summed E-state index contributed by atoms with van der Waals surface area (Å²) in [6, 6.07) is 6.56. The van der Waals surface area contributed by atoms with Crippen LogP contribution in [0.3, 0.4) is 0 Å². The van der Waals surface area contributed by atoms with Gasteiger partial charge in [0.05, 0.1) is 4.92 Å². The van der Waals surface area contributed by atoms with Gasteiger partial charge in [-0.15, -0.1) is 0 Å². The molecule has 90 valence electrons. The molecule has 0 heterocycles. The highest BCUT2D eigenvalue weighted by Crippen LogP contribution is 2.23. The number of nitro groups is 1. The van der Waals surface area contributed by atoms with Crippen molar-refractivity contribution in [2.75, 3.05) is 5.43 Å². The van der Waals surface area contributed by atoms with Crippen molar-refractivity contribution in [1.29, 1.82) is 0 Å². The maximum atomic E-state index is 10.8. The van der Waals surface area contributed by atoms with Crippen molar-refractivity contribution in [3.05, 3.63) is 34.4 Å². The van der Waals surface area contributed by atoms with Gasteiger partial charge in [0, 0.05) is 11.8 Å². The van der Waals surface area contributed by atoms with E-state index in [9.17, 15) is 10.1 Å². The summed E-state index contributed by atoms with van der Waals surface area (Å²) in [6.07, 6.45) is 5.57. The third kappa shape index (κ3) is 3.03. The van der Waals surface area contributed by atoms with Crippen molar-refractivity contribution in [2.24, 2.45) is 5.10 Å². The predicted molar refractivity (Wildman–Crippen MR) is 67.2 cm³/mol. The summed E-state index contributed by atoms with van der Waals surface area (Å²) >= 11 is 0. The summed E-state index contributed by atoms with van der Waals surface area (Å²) in [5, 5.41) is 15.0. The van der Waals surface area contributed by atoms with Crippen LogP contribution in [0.1, 0.15) is 32.1 Å². The topological polar surface area (TPSA) is 67.5 Å². The zero-order valence-electron chi connectivity index (χ0n) is 9.56. The maximum absolute atomic E-state index is 10.8. The van der Waals surface area contributed by atoms with E-state index in [1.165, 1.54) is 12.5 Å². The molecule has 1 fully saturated rings. The normalized spacial score (nSPS) is 15.4. The predicted octanol–water partition coefficient (Wildman–Crippen LogP) is 3.33. The zero-order chi connectivity index (χ0) is 12.1. The fourth-order valence-corrected chi connectivity index (χ4v) is 1.94. The highest BCUT2D eigenvalue weighted by molar-refractivity contribution is 5.85. The first-order valence-electron chi connectivity index (χ1n) is 5.82. The van der Waals surface area contributed by atoms with Crippen LogP contribution in [-0.2, 0) is 0 Å². The van der Waals surface area contributed by atoms with Crippen LogP contribution in [0.4, 0.5) is 11.4 Å². The minimum absolute atomic E-state index is 0.0626. The summed E-state index contributed by atoms with van der Waals surface area (Å²) in [4.78, 5) is 10.4. The Balaban J connectivity index is 2.10. The number of hydrazone groups is 1. The Bertz CT molecular complexity index is 435. The smallest absolute Gasteiger partial charge is 0.272 e.